The molecule has 0 unspecified atom stereocenters. The van der Waals surface area contributed by atoms with Crippen LogP contribution >= 0.6 is 15.9 Å². The molecule has 2 aromatic rings. The summed E-state index contributed by atoms with van der Waals surface area (Å²) in [6, 6.07) is 7.54. The Kier molecular flexibility index (Phi) is 4.04. The molecule has 0 saturated heterocycles. The highest BCUT2D eigenvalue weighted by atomic mass is 79.9. The molecular weight excluding hydrogens is 296 g/mol. The summed E-state index contributed by atoms with van der Waals surface area (Å²) in [5.41, 5.74) is 7.72. The lowest BCUT2D eigenvalue weighted by molar-refractivity contribution is 0.246. The minimum Gasteiger partial charge on any atom is -0.485 e. The van der Waals surface area contributed by atoms with Crippen LogP contribution in [0.2, 0.25) is 0 Å². The molecule has 2 N–H and O–H groups in total. The Morgan fingerprint density at radius 2 is 2.22 bits per heavy atom. The van der Waals surface area contributed by atoms with Crippen molar-refractivity contribution >= 4 is 15.9 Å². The number of halogens is 1. The van der Waals surface area contributed by atoms with Gasteiger partial charge in [0.25, 0.3) is 0 Å². The van der Waals surface area contributed by atoms with E-state index in [0.717, 1.165) is 21.5 Å². The Morgan fingerprint density at radius 3 is 2.83 bits per heavy atom. The number of hydrogen-bond acceptors (Lipinski definition) is 4. The molecule has 0 saturated carbocycles. The topological polar surface area (TPSA) is 61.3 Å². The van der Waals surface area contributed by atoms with Crippen LogP contribution in [-0.4, -0.2) is 5.16 Å². The van der Waals surface area contributed by atoms with Crippen molar-refractivity contribution in [1.29, 1.82) is 0 Å². The number of ether oxygens (including phenoxy) is 1. The molecule has 96 valence electrons. The lowest BCUT2D eigenvalue weighted by Crippen LogP contribution is -2.08. The average molecular weight is 311 g/mol. The number of rotatable bonds is 4. The minimum absolute atomic E-state index is 0.0889. The molecule has 0 amide bonds. The second kappa shape index (κ2) is 5.54. The van der Waals surface area contributed by atoms with Gasteiger partial charge in [0, 0.05) is 22.1 Å². The predicted octanol–water partition coefficient (Wildman–Crippen LogP) is 3.34. The van der Waals surface area contributed by atoms with E-state index in [2.05, 4.69) is 21.1 Å². The first-order valence-electron chi connectivity index (χ1n) is 5.66. The molecule has 0 spiro atoms. The Bertz CT molecular complexity index is 538. The molecule has 0 aliphatic heterocycles. The van der Waals surface area contributed by atoms with Gasteiger partial charge in [0.05, 0.1) is 5.69 Å². The molecule has 0 bridgehead atoms. The molecule has 1 aromatic carbocycles. The fourth-order valence-electron chi connectivity index (χ4n) is 1.64. The number of nitrogens with zero attached hydrogens (tertiary/aromatic N) is 1. The smallest absolute Gasteiger partial charge is 0.174 e. The molecule has 0 radical (unpaired) electrons. The summed E-state index contributed by atoms with van der Waals surface area (Å²) in [6.07, 6.45) is 0. The normalized spacial score (nSPS) is 12.4. The summed E-state index contributed by atoms with van der Waals surface area (Å²) < 4.78 is 11.8. The van der Waals surface area contributed by atoms with Gasteiger partial charge in [-0.05, 0) is 32.0 Å². The molecule has 4 nitrogen and oxygen atoms in total. The van der Waals surface area contributed by atoms with Crippen LogP contribution in [0.15, 0.2) is 33.3 Å². The third kappa shape index (κ3) is 3.11. The first-order chi connectivity index (χ1) is 8.56. The van der Waals surface area contributed by atoms with Crippen molar-refractivity contribution in [3.05, 3.63) is 45.8 Å². The Balaban J connectivity index is 2.13. The van der Waals surface area contributed by atoms with Gasteiger partial charge in [-0.15, -0.1) is 0 Å². The van der Waals surface area contributed by atoms with E-state index in [9.17, 15) is 0 Å². The summed E-state index contributed by atoms with van der Waals surface area (Å²) in [7, 11) is 0. The fourth-order valence-corrected chi connectivity index (χ4v) is 2.02. The largest absolute Gasteiger partial charge is 0.485 e. The van der Waals surface area contributed by atoms with Crippen LogP contribution in [0, 0.1) is 6.92 Å². The summed E-state index contributed by atoms with van der Waals surface area (Å²) >= 11 is 3.42. The first-order valence-corrected chi connectivity index (χ1v) is 6.45. The molecule has 18 heavy (non-hydrogen) atoms. The molecule has 1 atom stereocenters. The number of hydrogen-bond donors (Lipinski definition) is 1. The van der Waals surface area contributed by atoms with Crippen LogP contribution in [0.5, 0.6) is 5.75 Å². The minimum atomic E-state index is -0.0889. The van der Waals surface area contributed by atoms with Gasteiger partial charge in [-0.25, -0.2) is 0 Å². The van der Waals surface area contributed by atoms with E-state index in [1.54, 1.807) is 0 Å². The average Bonchev–Trinajstić information content (AvgIpc) is 2.73. The van der Waals surface area contributed by atoms with Crippen LogP contribution in [-0.2, 0) is 6.61 Å². The van der Waals surface area contributed by atoms with Gasteiger partial charge in [-0.1, -0.05) is 21.1 Å². The maximum absolute atomic E-state index is 5.92. The molecule has 2 rings (SSSR count). The Morgan fingerprint density at radius 1 is 1.44 bits per heavy atom. The molecule has 0 aliphatic carbocycles. The van der Waals surface area contributed by atoms with E-state index in [1.165, 1.54) is 0 Å². The Labute approximate surface area is 114 Å². The van der Waals surface area contributed by atoms with Crippen LogP contribution < -0.4 is 10.5 Å². The monoisotopic (exact) mass is 310 g/mol. The number of aryl methyl sites for hydroxylation is 1. The highest BCUT2D eigenvalue weighted by Crippen LogP contribution is 2.28. The van der Waals surface area contributed by atoms with Crippen molar-refractivity contribution in [1.82, 2.24) is 5.16 Å². The van der Waals surface area contributed by atoms with Crippen LogP contribution in [0.3, 0.4) is 0 Å². The van der Waals surface area contributed by atoms with Crippen molar-refractivity contribution < 1.29 is 9.26 Å². The highest BCUT2D eigenvalue weighted by Gasteiger charge is 2.10. The molecule has 0 fully saturated rings. The molecular formula is C13H15BrN2O2. The molecule has 5 heteroatoms. The standard InChI is InChI=1S/C13H15BrN2O2/c1-8-5-11(18-16-8)7-17-13-4-3-10(14)6-12(13)9(2)15/h3-6,9H,7,15H2,1-2H3/t9-/m1/s1. The van der Waals surface area contributed by atoms with Gasteiger partial charge in [-0.3, -0.25) is 0 Å². The van der Waals surface area contributed by atoms with Gasteiger partial charge in [0.15, 0.2) is 5.76 Å². The van der Waals surface area contributed by atoms with Crippen LogP contribution in [0.4, 0.5) is 0 Å². The Hall–Kier alpha value is -1.33. The zero-order valence-electron chi connectivity index (χ0n) is 10.3. The highest BCUT2D eigenvalue weighted by molar-refractivity contribution is 9.10. The van der Waals surface area contributed by atoms with E-state index >= 15 is 0 Å². The van der Waals surface area contributed by atoms with Crippen molar-refractivity contribution in [3.63, 3.8) is 0 Å². The van der Waals surface area contributed by atoms with Gasteiger partial charge in [-0.2, -0.15) is 0 Å². The van der Waals surface area contributed by atoms with Gasteiger partial charge < -0.3 is 15.0 Å². The van der Waals surface area contributed by atoms with Gasteiger partial charge >= 0.3 is 0 Å². The maximum atomic E-state index is 5.92. The summed E-state index contributed by atoms with van der Waals surface area (Å²) in [4.78, 5) is 0. The van der Waals surface area contributed by atoms with Gasteiger partial charge in [0.1, 0.15) is 12.4 Å². The van der Waals surface area contributed by atoms with Crippen molar-refractivity contribution in [2.45, 2.75) is 26.5 Å². The lowest BCUT2D eigenvalue weighted by Gasteiger charge is -2.13. The fraction of sp³-hybridized carbons (Fsp3) is 0.308. The summed E-state index contributed by atoms with van der Waals surface area (Å²) in [5.74, 6) is 1.47. The quantitative estimate of drug-likeness (QED) is 0.940. The summed E-state index contributed by atoms with van der Waals surface area (Å²) in [5, 5.41) is 3.81. The summed E-state index contributed by atoms with van der Waals surface area (Å²) in [6.45, 7) is 4.15. The van der Waals surface area contributed by atoms with E-state index in [4.69, 9.17) is 15.0 Å². The van der Waals surface area contributed by atoms with Gasteiger partial charge in [0.2, 0.25) is 0 Å². The number of aromatic nitrogens is 1. The number of nitrogens with two attached hydrogens (primary N) is 1. The third-order valence-corrected chi connectivity index (χ3v) is 3.00. The van der Waals surface area contributed by atoms with E-state index in [1.807, 2.05) is 38.1 Å². The second-order valence-corrected chi connectivity index (χ2v) is 5.11. The zero-order chi connectivity index (χ0) is 13.1. The molecule has 1 heterocycles. The van der Waals surface area contributed by atoms with E-state index < -0.39 is 0 Å². The third-order valence-electron chi connectivity index (χ3n) is 2.51. The van der Waals surface area contributed by atoms with Crippen molar-refractivity contribution in [2.24, 2.45) is 5.73 Å². The van der Waals surface area contributed by atoms with E-state index in [0.29, 0.717) is 12.4 Å². The zero-order valence-corrected chi connectivity index (χ0v) is 11.9. The molecule has 0 aliphatic rings. The molecule has 1 aromatic heterocycles. The first kappa shape index (κ1) is 13.1. The SMILES string of the molecule is Cc1cc(COc2ccc(Br)cc2[C@@H](C)N)on1. The number of benzene rings is 1. The van der Waals surface area contributed by atoms with Crippen LogP contribution in [0.1, 0.15) is 30.0 Å². The lowest BCUT2D eigenvalue weighted by atomic mass is 10.1. The van der Waals surface area contributed by atoms with Crippen molar-refractivity contribution in [2.75, 3.05) is 0 Å². The van der Waals surface area contributed by atoms with Crippen LogP contribution in [0.25, 0.3) is 0 Å². The van der Waals surface area contributed by atoms with Crippen molar-refractivity contribution in [3.8, 4) is 5.75 Å². The second-order valence-electron chi connectivity index (χ2n) is 4.19. The maximum Gasteiger partial charge on any atom is 0.174 e. The predicted molar refractivity (Wildman–Crippen MR) is 72.3 cm³/mol. The van der Waals surface area contributed by atoms with E-state index in [-0.39, 0.29) is 6.04 Å².